The van der Waals surface area contributed by atoms with Gasteiger partial charge in [0.05, 0.1) is 17.7 Å². The van der Waals surface area contributed by atoms with Crippen molar-refractivity contribution in [1.82, 2.24) is 0 Å². The van der Waals surface area contributed by atoms with E-state index < -0.39 is 0 Å². The zero-order valence-corrected chi connectivity index (χ0v) is 20.8. The Morgan fingerprint density at radius 1 is 0.743 bits per heavy atom. The van der Waals surface area contributed by atoms with Crippen molar-refractivity contribution in [3.63, 3.8) is 0 Å². The maximum absolute atomic E-state index is 13.5. The van der Waals surface area contributed by atoms with Crippen LogP contribution in [0.1, 0.15) is 103 Å². The molecule has 2 aromatic carbocycles. The van der Waals surface area contributed by atoms with Gasteiger partial charge < -0.3 is 4.74 Å². The van der Waals surface area contributed by atoms with Crippen molar-refractivity contribution >= 4 is 17.8 Å². The number of nitrogens with zero attached hydrogens (tertiary/aromatic N) is 1. The van der Waals surface area contributed by atoms with Gasteiger partial charge in [0, 0.05) is 19.3 Å². The predicted octanol–water partition coefficient (Wildman–Crippen LogP) is 6.60. The maximum atomic E-state index is 13.5. The van der Waals surface area contributed by atoms with Crippen molar-refractivity contribution in [3.8, 4) is 0 Å². The summed E-state index contributed by atoms with van der Waals surface area (Å²) in [4.78, 5) is 38.8. The van der Waals surface area contributed by atoms with Crippen LogP contribution in [0.2, 0.25) is 0 Å². The third kappa shape index (κ3) is 5.90. The number of hydrogen-bond acceptors (Lipinski definition) is 4. The predicted molar refractivity (Wildman–Crippen MR) is 136 cm³/mol. The lowest BCUT2D eigenvalue weighted by molar-refractivity contribution is -0.791. The number of amides is 2. The molecular formula is C30H38NO4+. The summed E-state index contributed by atoms with van der Waals surface area (Å²) in [5.41, 5.74) is 2.25. The number of imide groups is 1. The molecule has 1 fully saturated rings. The molecule has 0 N–H and O–H groups in total. The molecule has 1 aliphatic heterocycles. The monoisotopic (exact) mass is 476 g/mol. The summed E-state index contributed by atoms with van der Waals surface area (Å²) < 4.78 is 5.37. The first-order valence-corrected chi connectivity index (χ1v) is 13.4. The van der Waals surface area contributed by atoms with E-state index in [0.29, 0.717) is 30.7 Å². The highest BCUT2D eigenvalue weighted by atomic mass is 16.5. The summed E-state index contributed by atoms with van der Waals surface area (Å²) in [6.07, 6.45) is 11.8. The van der Waals surface area contributed by atoms with Crippen LogP contribution in [0.4, 0.5) is 0 Å². The summed E-state index contributed by atoms with van der Waals surface area (Å²) in [5.74, 6) is -0.0796. The Bertz CT molecular complexity index is 975. The summed E-state index contributed by atoms with van der Waals surface area (Å²) in [5, 5.41) is 0. The summed E-state index contributed by atoms with van der Waals surface area (Å²) in [6.45, 7) is 0.973. The Balaban J connectivity index is 1.14. The SMILES string of the molecule is O=C(CCCCCCCCC[N+]1(C2CCCC2)C(=O)c2ccccc2C1=O)OCc1ccccc1. The van der Waals surface area contributed by atoms with Gasteiger partial charge in [0.25, 0.3) is 0 Å². The quantitative estimate of drug-likeness (QED) is 0.141. The van der Waals surface area contributed by atoms with Gasteiger partial charge in [0.1, 0.15) is 12.6 Å². The molecule has 2 amide bonds. The van der Waals surface area contributed by atoms with Crippen molar-refractivity contribution in [1.29, 1.82) is 0 Å². The largest absolute Gasteiger partial charge is 0.461 e. The van der Waals surface area contributed by atoms with Crippen LogP contribution < -0.4 is 0 Å². The van der Waals surface area contributed by atoms with Crippen molar-refractivity contribution < 1.29 is 23.6 Å². The number of ether oxygens (including phenoxy) is 1. The summed E-state index contributed by atoms with van der Waals surface area (Å²) >= 11 is 0. The van der Waals surface area contributed by atoms with Crippen molar-refractivity contribution in [2.24, 2.45) is 0 Å². The molecule has 1 heterocycles. The highest BCUT2D eigenvalue weighted by molar-refractivity contribution is 6.14. The minimum Gasteiger partial charge on any atom is -0.461 e. The molecule has 2 aromatic rings. The van der Waals surface area contributed by atoms with Crippen LogP contribution in [0, 0.1) is 0 Å². The molecule has 0 spiro atoms. The van der Waals surface area contributed by atoms with Gasteiger partial charge in [-0.2, -0.15) is 4.48 Å². The zero-order chi connectivity index (χ0) is 24.5. The van der Waals surface area contributed by atoms with Gasteiger partial charge in [0.15, 0.2) is 0 Å². The number of quaternary nitrogens is 1. The molecule has 0 radical (unpaired) electrons. The van der Waals surface area contributed by atoms with Crippen molar-refractivity contribution in [3.05, 3.63) is 71.3 Å². The van der Waals surface area contributed by atoms with E-state index in [4.69, 9.17) is 4.74 Å². The van der Waals surface area contributed by atoms with E-state index in [9.17, 15) is 14.4 Å². The molecule has 2 aliphatic rings. The number of carbonyl (C=O) groups is 3. The van der Waals surface area contributed by atoms with Gasteiger partial charge in [-0.25, -0.2) is 9.59 Å². The first-order chi connectivity index (χ1) is 17.1. The molecule has 1 saturated carbocycles. The standard InChI is InChI=1S/C30H38NO4/c32-28(35-23-24-15-7-6-8-16-24)21-9-4-2-1-3-5-14-22-31(25-17-10-11-18-25)29(33)26-19-12-13-20-27(26)30(31)34/h6-8,12-13,15-16,19-20,25H,1-5,9-11,14,17-18,21-23H2/q+1. The van der Waals surface area contributed by atoms with E-state index >= 15 is 0 Å². The molecule has 5 nitrogen and oxygen atoms in total. The molecule has 0 unspecified atom stereocenters. The van der Waals surface area contributed by atoms with Crippen molar-refractivity contribution in [2.75, 3.05) is 6.54 Å². The van der Waals surface area contributed by atoms with E-state index in [0.717, 1.165) is 76.2 Å². The first-order valence-electron chi connectivity index (χ1n) is 13.4. The van der Waals surface area contributed by atoms with Crippen LogP contribution in [-0.2, 0) is 16.1 Å². The average Bonchev–Trinajstić information content (AvgIpc) is 3.50. The Hall–Kier alpha value is -2.79. The number of unbranched alkanes of at least 4 members (excludes halogenated alkanes) is 6. The van der Waals surface area contributed by atoms with E-state index in [2.05, 4.69) is 0 Å². The van der Waals surface area contributed by atoms with Crippen LogP contribution in [0.25, 0.3) is 0 Å². The minimum absolute atomic E-state index is 0.0247. The third-order valence-corrected chi connectivity index (χ3v) is 7.70. The molecule has 4 rings (SSSR count). The average molecular weight is 477 g/mol. The highest BCUT2D eigenvalue weighted by Gasteiger charge is 2.57. The molecular weight excluding hydrogens is 438 g/mol. The van der Waals surface area contributed by atoms with Gasteiger partial charge in [0.2, 0.25) is 0 Å². The molecule has 0 atom stereocenters. The van der Waals surface area contributed by atoms with Gasteiger partial charge in [-0.3, -0.25) is 4.79 Å². The van der Waals surface area contributed by atoms with Crippen LogP contribution in [0.3, 0.4) is 0 Å². The van der Waals surface area contributed by atoms with E-state index in [1.807, 2.05) is 54.6 Å². The van der Waals surface area contributed by atoms with Gasteiger partial charge in [-0.1, -0.05) is 68.1 Å². The first kappa shape index (κ1) is 25.3. The second-order valence-corrected chi connectivity index (χ2v) is 10.1. The lowest BCUT2D eigenvalue weighted by Crippen LogP contribution is -2.59. The van der Waals surface area contributed by atoms with Gasteiger partial charge in [-0.15, -0.1) is 0 Å². The Morgan fingerprint density at radius 3 is 1.91 bits per heavy atom. The Kier molecular flexibility index (Phi) is 8.86. The molecule has 1 aliphatic carbocycles. The number of benzene rings is 2. The number of esters is 1. The second kappa shape index (κ2) is 12.3. The molecule has 35 heavy (non-hydrogen) atoms. The Morgan fingerprint density at radius 2 is 1.29 bits per heavy atom. The lowest BCUT2D eigenvalue weighted by Gasteiger charge is -2.34. The summed E-state index contributed by atoms with van der Waals surface area (Å²) in [7, 11) is 0. The van der Waals surface area contributed by atoms with Crippen LogP contribution in [0.15, 0.2) is 54.6 Å². The maximum Gasteiger partial charge on any atom is 0.354 e. The third-order valence-electron chi connectivity index (χ3n) is 7.70. The van der Waals surface area contributed by atoms with Crippen LogP contribution in [-0.4, -0.2) is 34.9 Å². The van der Waals surface area contributed by atoms with Crippen LogP contribution >= 0.6 is 0 Å². The fourth-order valence-corrected chi connectivity index (χ4v) is 5.77. The van der Waals surface area contributed by atoms with Gasteiger partial charge in [-0.05, 0) is 49.8 Å². The normalized spacial score (nSPS) is 17.0. The Labute approximate surface area is 209 Å². The van der Waals surface area contributed by atoms with E-state index in [1.54, 1.807) is 0 Å². The second-order valence-electron chi connectivity index (χ2n) is 10.1. The van der Waals surface area contributed by atoms with E-state index in [-0.39, 0.29) is 28.3 Å². The van der Waals surface area contributed by atoms with Gasteiger partial charge >= 0.3 is 17.8 Å². The molecule has 0 saturated heterocycles. The molecule has 0 aromatic heterocycles. The molecule has 5 heteroatoms. The number of carbonyl (C=O) groups excluding carboxylic acids is 3. The molecule has 186 valence electrons. The lowest BCUT2D eigenvalue weighted by atomic mass is 10.1. The smallest absolute Gasteiger partial charge is 0.354 e. The number of rotatable bonds is 13. The topological polar surface area (TPSA) is 60.4 Å². The summed E-state index contributed by atoms with van der Waals surface area (Å²) in [6, 6.07) is 17.3. The zero-order valence-electron chi connectivity index (χ0n) is 20.8. The highest BCUT2D eigenvalue weighted by Crippen LogP contribution is 2.39. The fourth-order valence-electron chi connectivity index (χ4n) is 5.77. The fraction of sp³-hybridized carbons (Fsp3) is 0.500. The number of hydrogen-bond donors (Lipinski definition) is 0. The molecule has 0 bridgehead atoms. The minimum atomic E-state index is -0.129. The van der Waals surface area contributed by atoms with Crippen molar-refractivity contribution in [2.45, 2.75) is 89.7 Å². The van der Waals surface area contributed by atoms with Crippen LogP contribution in [0.5, 0.6) is 0 Å². The number of fused-ring (bicyclic) bond motifs is 1. The van der Waals surface area contributed by atoms with E-state index in [1.165, 1.54) is 0 Å².